The lowest BCUT2D eigenvalue weighted by Crippen LogP contribution is -2.35. The van der Waals surface area contributed by atoms with E-state index in [0.29, 0.717) is 6.61 Å². The number of amides is 1. The van der Waals surface area contributed by atoms with E-state index in [1.165, 1.54) is 0 Å². The van der Waals surface area contributed by atoms with Crippen molar-refractivity contribution in [2.75, 3.05) is 13.7 Å². The fourth-order valence-electron chi connectivity index (χ4n) is 1.89. The molecule has 1 aromatic carbocycles. The maximum absolute atomic E-state index is 11.1. The first-order valence-electron chi connectivity index (χ1n) is 5.28. The molecule has 1 aliphatic rings. The molecule has 2 rings (SSSR count). The molecule has 0 aliphatic carbocycles. The number of nitrogens with one attached hydrogen (secondary N) is 1. The van der Waals surface area contributed by atoms with Crippen LogP contribution in [0.15, 0.2) is 18.2 Å². The van der Waals surface area contributed by atoms with Crippen molar-refractivity contribution < 1.29 is 14.3 Å². The molecule has 0 saturated carbocycles. The number of methoxy groups -OCH3 is 1. The highest BCUT2D eigenvalue weighted by molar-refractivity contribution is 5.85. The number of alkyl carbamates (subject to hydrolysis) is 1. The molecular weight excluding hydrogens is 242 g/mol. The van der Waals surface area contributed by atoms with Gasteiger partial charge in [0.25, 0.3) is 0 Å². The Balaban J connectivity index is 0.00000144. The van der Waals surface area contributed by atoms with Gasteiger partial charge in [-0.25, -0.2) is 4.79 Å². The van der Waals surface area contributed by atoms with Gasteiger partial charge in [-0.05, 0) is 24.1 Å². The molecule has 1 aliphatic heterocycles. The quantitative estimate of drug-likeness (QED) is 0.886. The van der Waals surface area contributed by atoms with Crippen LogP contribution in [0.25, 0.3) is 0 Å². The smallest absolute Gasteiger partial charge is 0.407 e. The van der Waals surface area contributed by atoms with E-state index in [1.807, 2.05) is 25.1 Å². The molecule has 0 bridgehead atoms. The molecule has 0 unspecified atom stereocenters. The highest BCUT2D eigenvalue weighted by atomic mass is 35.5. The molecule has 94 valence electrons. The summed E-state index contributed by atoms with van der Waals surface area (Å²) in [6.07, 6.45) is 0.460. The number of ether oxygens (including phenoxy) is 2. The van der Waals surface area contributed by atoms with Gasteiger partial charge in [0.05, 0.1) is 19.8 Å². The van der Waals surface area contributed by atoms with Crippen molar-refractivity contribution in [1.82, 2.24) is 5.32 Å². The molecule has 1 heterocycles. The second-order valence-corrected chi connectivity index (χ2v) is 3.85. The molecule has 1 N–H and O–H groups in total. The zero-order valence-electron chi connectivity index (χ0n) is 9.86. The summed E-state index contributed by atoms with van der Waals surface area (Å²) in [5, 5.41) is 2.80. The van der Waals surface area contributed by atoms with E-state index in [2.05, 4.69) is 5.32 Å². The van der Waals surface area contributed by atoms with Crippen molar-refractivity contribution in [3.8, 4) is 5.75 Å². The van der Waals surface area contributed by atoms with Gasteiger partial charge in [-0.2, -0.15) is 0 Å². The van der Waals surface area contributed by atoms with E-state index in [-0.39, 0.29) is 24.5 Å². The fourth-order valence-corrected chi connectivity index (χ4v) is 1.89. The van der Waals surface area contributed by atoms with Gasteiger partial charge >= 0.3 is 6.09 Å². The van der Waals surface area contributed by atoms with E-state index in [0.717, 1.165) is 23.3 Å². The Labute approximate surface area is 107 Å². The van der Waals surface area contributed by atoms with Gasteiger partial charge in [0.1, 0.15) is 5.75 Å². The predicted molar refractivity (Wildman–Crippen MR) is 66.8 cm³/mol. The Morgan fingerprint density at radius 1 is 1.47 bits per heavy atom. The molecule has 4 nitrogen and oxygen atoms in total. The number of rotatable bonds is 2. The minimum Gasteiger partial charge on any atom is -0.496 e. The van der Waals surface area contributed by atoms with Gasteiger partial charge in [-0.1, -0.05) is 12.1 Å². The average Bonchev–Trinajstić information content (AvgIpc) is 2.29. The van der Waals surface area contributed by atoms with E-state index in [4.69, 9.17) is 9.47 Å². The van der Waals surface area contributed by atoms with Gasteiger partial charge in [0.2, 0.25) is 0 Å². The Kier molecular flexibility index (Phi) is 4.63. The summed E-state index contributed by atoms with van der Waals surface area (Å²) in [5.74, 6) is 0.863. The molecular formula is C12H16ClNO3. The highest BCUT2D eigenvalue weighted by Crippen LogP contribution is 2.25. The third-order valence-corrected chi connectivity index (χ3v) is 2.75. The topological polar surface area (TPSA) is 47.6 Å². The molecule has 17 heavy (non-hydrogen) atoms. The SMILES string of the molecule is COc1ccc([C@H]2CCOC(=O)N2)cc1C.Cl. The maximum atomic E-state index is 11.1. The summed E-state index contributed by atoms with van der Waals surface area (Å²) in [7, 11) is 1.65. The van der Waals surface area contributed by atoms with Crippen LogP contribution in [0.3, 0.4) is 0 Å². The zero-order valence-corrected chi connectivity index (χ0v) is 10.7. The molecule has 1 aromatic rings. The van der Waals surface area contributed by atoms with Crippen molar-refractivity contribution in [3.63, 3.8) is 0 Å². The van der Waals surface area contributed by atoms with Crippen LogP contribution in [0.2, 0.25) is 0 Å². The number of carbonyl (C=O) groups is 1. The van der Waals surface area contributed by atoms with E-state index in [9.17, 15) is 4.79 Å². The molecule has 1 amide bonds. The van der Waals surface area contributed by atoms with Gasteiger partial charge in [-0.3, -0.25) is 0 Å². The van der Waals surface area contributed by atoms with Crippen molar-refractivity contribution >= 4 is 18.5 Å². The predicted octanol–water partition coefficient (Wildman–Crippen LogP) is 2.60. The maximum Gasteiger partial charge on any atom is 0.407 e. The van der Waals surface area contributed by atoms with Crippen LogP contribution in [0.1, 0.15) is 23.6 Å². The molecule has 0 radical (unpaired) electrons. The average molecular weight is 258 g/mol. The summed E-state index contributed by atoms with van der Waals surface area (Å²) in [6.45, 7) is 2.46. The van der Waals surface area contributed by atoms with Crippen LogP contribution in [0, 0.1) is 6.92 Å². The number of aryl methyl sites for hydroxylation is 1. The summed E-state index contributed by atoms with van der Waals surface area (Å²) in [6, 6.07) is 5.98. The lowest BCUT2D eigenvalue weighted by atomic mass is 10.0. The molecule has 5 heteroatoms. The van der Waals surface area contributed by atoms with Crippen LogP contribution in [0.5, 0.6) is 5.75 Å². The van der Waals surface area contributed by atoms with Crippen molar-refractivity contribution in [1.29, 1.82) is 0 Å². The van der Waals surface area contributed by atoms with Gasteiger partial charge in [-0.15, -0.1) is 12.4 Å². The fraction of sp³-hybridized carbons (Fsp3) is 0.417. The standard InChI is InChI=1S/C12H15NO3.ClH/c1-8-7-9(3-4-11(8)15-2)10-5-6-16-12(14)13-10;/h3-4,7,10H,5-6H2,1-2H3,(H,13,14);1H/t10-;/m1./s1. The first-order valence-corrected chi connectivity index (χ1v) is 5.28. The zero-order chi connectivity index (χ0) is 11.5. The third-order valence-electron chi connectivity index (χ3n) is 2.75. The molecule has 1 fully saturated rings. The first kappa shape index (κ1) is 13.6. The number of cyclic esters (lactones) is 1. The molecule has 0 aromatic heterocycles. The van der Waals surface area contributed by atoms with Crippen LogP contribution in [-0.2, 0) is 4.74 Å². The minimum absolute atomic E-state index is 0. The number of hydrogen-bond donors (Lipinski definition) is 1. The van der Waals surface area contributed by atoms with E-state index >= 15 is 0 Å². The molecule has 0 spiro atoms. The highest BCUT2D eigenvalue weighted by Gasteiger charge is 2.20. The Bertz CT molecular complexity index is 409. The summed E-state index contributed by atoms with van der Waals surface area (Å²) in [5.41, 5.74) is 2.16. The Morgan fingerprint density at radius 3 is 2.82 bits per heavy atom. The first-order chi connectivity index (χ1) is 7.70. The van der Waals surface area contributed by atoms with Gasteiger partial charge in [0, 0.05) is 6.42 Å². The summed E-state index contributed by atoms with van der Waals surface area (Å²) in [4.78, 5) is 11.1. The summed E-state index contributed by atoms with van der Waals surface area (Å²) >= 11 is 0. The molecule has 1 saturated heterocycles. The number of benzene rings is 1. The second kappa shape index (κ2) is 5.77. The van der Waals surface area contributed by atoms with Gasteiger partial charge < -0.3 is 14.8 Å². The van der Waals surface area contributed by atoms with Crippen LogP contribution >= 0.6 is 12.4 Å². The van der Waals surface area contributed by atoms with Crippen LogP contribution < -0.4 is 10.1 Å². The van der Waals surface area contributed by atoms with Crippen LogP contribution in [-0.4, -0.2) is 19.8 Å². The Hall–Kier alpha value is -1.42. The molecule has 1 atom stereocenters. The van der Waals surface area contributed by atoms with Gasteiger partial charge in [0.15, 0.2) is 0 Å². The lowest BCUT2D eigenvalue weighted by molar-refractivity contribution is 0.115. The number of halogens is 1. The number of carbonyl (C=O) groups excluding carboxylic acids is 1. The summed E-state index contributed by atoms with van der Waals surface area (Å²) < 4.78 is 10.0. The lowest BCUT2D eigenvalue weighted by Gasteiger charge is -2.24. The van der Waals surface area contributed by atoms with Crippen molar-refractivity contribution in [2.45, 2.75) is 19.4 Å². The normalized spacial score (nSPS) is 18.7. The minimum atomic E-state index is -0.343. The van der Waals surface area contributed by atoms with Crippen molar-refractivity contribution in [2.24, 2.45) is 0 Å². The Morgan fingerprint density at radius 2 is 2.24 bits per heavy atom. The largest absolute Gasteiger partial charge is 0.496 e. The number of hydrogen-bond acceptors (Lipinski definition) is 3. The van der Waals surface area contributed by atoms with Crippen molar-refractivity contribution in [3.05, 3.63) is 29.3 Å². The van der Waals surface area contributed by atoms with Crippen LogP contribution in [0.4, 0.5) is 4.79 Å². The second-order valence-electron chi connectivity index (χ2n) is 3.85. The monoisotopic (exact) mass is 257 g/mol. The van der Waals surface area contributed by atoms with E-state index in [1.54, 1.807) is 7.11 Å². The third kappa shape index (κ3) is 3.03. The van der Waals surface area contributed by atoms with E-state index < -0.39 is 0 Å².